The zero-order chi connectivity index (χ0) is 21.8. The molecule has 0 bridgehead atoms. The highest BCUT2D eigenvalue weighted by molar-refractivity contribution is 6.52. The van der Waals surface area contributed by atoms with Gasteiger partial charge in [0.2, 0.25) is 5.89 Å². The van der Waals surface area contributed by atoms with Gasteiger partial charge >= 0.3 is 7.48 Å². The molecule has 6 heteroatoms. The van der Waals surface area contributed by atoms with Crippen LogP contribution in [-0.4, -0.2) is 28.8 Å². The van der Waals surface area contributed by atoms with Crippen LogP contribution in [0.3, 0.4) is 0 Å². The van der Waals surface area contributed by atoms with Crippen molar-refractivity contribution in [2.45, 2.75) is 38.9 Å². The molecule has 5 aromatic rings. The van der Waals surface area contributed by atoms with Crippen molar-refractivity contribution in [3.63, 3.8) is 0 Å². The third kappa shape index (κ3) is 3.42. The molecule has 0 spiro atoms. The summed E-state index contributed by atoms with van der Waals surface area (Å²) >= 11 is 0. The van der Waals surface area contributed by atoms with Crippen molar-refractivity contribution in [1.82, 2.24) is 4.98 Å². The average molecular weight is 413 g/mol. The third-order valence-corrected chi connectivity index (χ3v) is 6.17. The van der Waals surface area contributed by atoms with Gasteiger partial charge in [-0.2, -0.15) is 0 Å². The summed E-state index contributed by atoms with van der Waals surface area (Å²) in [6, 6.07) is 19.7. The minimum Gasteiger partial charge on any atom is -0.456 e. The number of furan rings is 1. The van der Waals surface area contributed by atoms with Crippen molar-refractivity contribution in [2.75, 3.05) is 0 Å². The van der Waals surface area contributed by atoms with E-state index in [4.69, 9.17) is 18.5 Å². The van der Waals surface area contributed by atoms with Crippen LogP contribution in [0.1, 0.15) is 27.7 Å². The van der Waals surface area contributed by atoms with Crippen LogP contribution in [0.15, 0.2) is 69.5 Å². The van der Waals surface area contributed by atoms with Crippen molar-refractivity contribution in [2.24, 2.45) is 0 Å². The van der Waals surface area contributed by atoms with Gasteiger partial charge < -0.3 is 18.6 Å². The number of nitrogens with zero attached hydrogens (tertiary/aromatic N) is 1. The van der Waals surface area contributed by atoms with Crippen molar-refractivity contribution >= 4 is 46.0 Å². The summed E-state index contributed by atoms with van der Waals surface area (Å²) in [6.45, 7) is 7.30. The van der Waals surface area contributed by atoms with Gasteiger partial charge in [0, 0.05) is 22.4 Å². The zero-order valence-electron chi connectivity index (χ0n) is 18.1. The summed E-state index contributed by atoms with van der Waals surface area (Å²) in [5.74, 6) is 0.586. The highest BCUT2D eigenvalue weighted by atomic mass is 16.5. The van der Waals surface area contributed by atoms with Gasteiger partial charge in [-0.05, 0) is 57.4 Å². The maximum absolute atomic E-state index is 10.4. The lowest BCUT2D eigenvalue weighted by Gasteiger charge is -2.37. The second kappa shape index (κ2) is 6.97. The quantitative estimate of drug-likeness (QED) is 0.414. The molecule has 156 valence electrons. The Bertz CT molecular complexity index is 1390. The SMILES string of the molecule is CC(C)(O)C(C)(C)OBc1cccc2oc3cc4oc(-c5ccccc5)nc4cc3c12. The number of hydrogen-bond donors (Lipinski definition) is 1. The fraction of sp³-hybridized carbons (Fsp3) is 0.240. The van der Waals surface area contributed by atoms with E-state index < -0.39 is 11.2 Å². The van der Waals surface area contributed by atoms with E-state index in [1.807, 2.05) is 74.5 Å². The van der Waals surface area contributed by atoms with E-state index in [-0.39, 0.29) is 0 Å². The van der Waals surface area contributed by atoms with Crippen LogP contribution in [0.4, 0.5) is 0 Å². The Morgan fingerprint density at radius 3 is 2.39 bits per heavy atom. The molecule has 0 saturated heterocycles. The molecule has 0 amide bonds. The predicted octanol–water partition coefficient (Wildman–Crippen LogP) is 4.94. The number of benzene rings is 3. The number of fused-ring (bicyclic) bond motifs is 4. The summed E-state index contributed by atoms with van der Waals surface area (Å²) in [5, 5.41) is 12.4. The Morgan fingerprint density at radius 2 is 1.65 bits per heavy atom. The highest BCUT2D eigenvalue weighted by Crippen LogP contribution is 2.33. The van der Waals surface area contributed by atoms with Crippen LogP contribution in [-0.2, 0) is 4.65 Å². The molecule has 0 aliphatic carbocycles. The lowest BCUT2D eigenvalue weighted by atomic mass is 9.80. The first-order valence-corrected chi connectivity index (χ1v) is 10.4. The van der Waals surface area contributed by atoms with E-state index in [9.17, 15) is 5.11 Å². The Kier molecular flexibility index (Phi) is 4.47. The average Bonchev–Trinajstić information content (AvgIpc) is 3.31. The predicted molar refractivity (Wildman–Crippen MR) is 125 cm³/mol. The molecule has 31 heavy (non-hydrogen) atoms. The molecule has 3 aromatic carbocycles. The number of oxazole rings is 1. The molecule has 5 nitrogen and oxygen atoms in total. The molecule has 1 N–H and O–H groups in total. The largest absolute Gasteiger partial charge is 0.456 e. The number of rotatable bonds is 5. The van der Waals surface area contributed by atoms with Crippen molar-refractivity contribution in [1.29, 1.82) is 0 Å². The van der Waals surface area contributed by atoms with Gasteiger partial charge in [0.15, 0.2) is 5.58 Å². The van der Waals surface area contributed by atoms with Crippen LogP contribution >= 0.6 is 0 Å². The highest BCUT2D eigenvalue weighted by Gasteiger charge is 2.35. The lowest BCUT2D eigenvalue weighted by Crippen LogP contribution is -2.49. The fourth-order valence-corrected chi connectivity index (χ4v) is 3.58. The molecule has 0 radical (unpaired) electrons. The summed E-state index contributed by atoms with van der Waals surface area (Å²) in [5.41, 5.74) is 3.25. The van der Waals surface area contributed by atoms with E-state index in [2.05, 4.69) is 0 Å². The third-order valence-electron chi connectivity index (χ3n) is 6.17. The molecule has 0 aliphatic heterocycles. The van der Waals surface area contributed by atoms with Gasteiger partial charge in [-0.3, -0.25) is 0 Å². The van der Waals surface area contributed by atoms with E-state index in [1.165, 1.54) is 0 Å². The number of aliphatic hydroxyl groups is 1. The molecule has 0 saturated carbocycles. The maximum atomic E-state index is 10.4. The van der Waals surface area contributed by atoms with Crippen LogP contribution < -0.4 is 5.46 Å². The molecule has 0 fully saturated rings. The van der Waals surface area contributed by atoms with E-state index >= 15 is 0 Å². The first-order chi connectivity index (χ1) is 14.7. The Balaban J connectivity index is 1.60. The lowest BCUT2D eigenvalue weighted by molar-refractivity contribution is -0.0893. The minimum absolute atomic E-state index is 0.356. The van der Waals surface area contributed by atoms with E-state index in [1.54, 1.807) is 13.8 Å². The molecule has 0 unspecified atom stereocenters. The van der Waals surface area contributed by atoms with Gasteiger partial charge in [-0.15, -0.1) is 0 Å². The van der Waals surface area contributed by atoms with Crippen molar-refractivity contribution in [3.8, 4) is 11.5 Å². The summed E-state index contributed by atoms with van der Waals surface area (Å²) in [7, 11) is 0.356. The first-order valence-electron chi connectivity index (χ1n) is 10.4. The molecule has 2 aromatic heterocycles. The normalized spacial score (nSPS) is 12.8. The first kappa shape index (κ1) is 19.9. The zero-order valence-corrected chi connectivity index (χ0v) is 18.1. The summed E-state index contributed by atoms with van der Waals surface area (Å²) < 4.78 is 18.2. The van der Waals surface area contributed by atoms with Crippen LogP contribution in [0.25, 0.3) is 44.5 Å². The Hall–Kier alpha value is -3.09. The maximum Gasteiger partial charge on any atom is 0.310 e. The van der Waals surface area contributed by atoms with Gasteiger partial charge in [0.05, 0.1) is 11.2 Å². The summed E-state index contributed by atoms with van der Waals surface area (Å²) in [6.07, 6.45) is 0. The molecule has 0 aliphatic rings. The smallest absolute Gasteiger partial charge is 0.310 e. The minimum atomic E-state index is -0.972. The molecule has 0 atom stereocenters. The standard InChI is InChI=1S/C25H24BNO4/c1-24(2,28)25(3,4)31-26-17-11-8-12-19-22(17)16-13-18-21(14-20(16)29-19)30-23(27-18)15-9-6-5-7-10-15/h5-14,26,28H,1-4H3. The van der Waals surface area contributed by atoms with E-state index in [0.29, 0.717) is 19.0 Å². The Morgan fingerprint density at radius 1 is 0.871 bits per heavy atom. The molecule has 5 rings (SSSR count). The van der Waals surface area contributed by atoms with Gasteiger partial charge in [-0.1, -0.05) is 30.3 Å². The van der Waals surface area contributed by atoms with Crippen LogP contribution in [0.5, 0.6) is 0 Å². The fourth-order valence-electron chi connectivity index (χ4n) is 3.58. The van der Waals surface area contributed by atoms with E-state index in [0.717, 1.165) is 38.5 Å². The molecule has 2 heterocycles. The van der Waals surface area contributed by atoms with Crippen LogP contribution in [0, 0.1) is 0 Å². The van der Waals surface area contributed by atoms with Crippen molar-refractivity contribution < 1.29 is 18.6 Å². The van der Waals surface area contributed by atoms with Gasteiger partial charge in [-0.25, -0.2) is 4.98 Å². The molecular weight excluding hydrogens is 389 g/mol. The Labute approximate surface area is 180 Å². The number of hydrogen-bond acceptors (Lipinski definition) is 5. The second-order valence-electron chi connectivity index (χ2n) is 8.95. The van der Waals surface area contributed by atoms with Gasteiger partial charge in [0.25, 0.3) is 0 Å². The van der Waals surface area contributed by atoms with Crippen molar-refractivity contribution in [3.05, 3.63) is 60.7 Å². The topological polar surface area (TPSA) is 68.6 Å². The summed E-state index contributed by atoms with van der Waals surface area (Å²) in [4.78, 5) is 4.69. The molecular formula is C25H24BNO4. The number of aromatic nitrogens is 1. The monoisotopic (exact) mass is 413 g/mol. The second-order valence-corrected chi connectivity index (χ2v) is 8.95. The van der Waals surface area contributed by atoms with Gasteiger partial charge in [0.1, 0.15) is 16.7 Å². The van der Waals surface area contributed by atoms with Crippen LogP contribution in [0.2, 0.25) is 0 Å².